The van der Waals surface area contributed by atoms with Crippen molar-refractivity contribution in [3.05, 3.63) is 83.2 Å². The van der Waals surface area contributed by atoms with Gasteiger partial charge in [-0.15, -0.1) is 0 Å². The molecule has 0 aliphatic heterocycles. The summed E-state index contributed by atoms with van der Waals surface area (Å²) < 4.78 is 24.5. The third kappa shape index (κ3) is 7.39. The number of aryl methyl sites for hydroxylation is 2. The minimum atomic E-state index is -1.07. The molecule has 0 aliphatic rings. The number of ether oxygens (including phenoxy) is 2. The van der Waals surface area contributed by atoms with Crippen molar-refractivity contribution in [3.63, 3.8) is 0 Å². The zero-order chi connectivity index (χ0) is 26.1. The largest absolute Gasteiger partial charge is 0.493 e. The number of nitrogens with zero attached hydrogens (tertiary/aromatic N) is 1. The molecule has 0 fully saturated rings. The lowest BCUT2D eigenvalue weighted by Gasteiger charge is -2.12. The van der Waals surface area contributed by atoms with Crippen molar-refractivity contribution >= 4 is 35.3 Å². The molecule has 0 saturated carbocycles. The van der Waals surface area contributed by atoms with E-state index in [-0.39, 0.29) is 18.2 Å². The van der Waals surface area contributed by atoms with Crippen LogP contribution in [0.25, 0.3) is 0 Å². The highest BCUT2D eigenvalue weighted by atomic mass is 19.1. The molecule has 0 aromatic heterocycles. The van der Waals surface area contributed by atoms with Gasteiger partial charge in [0.2, 0.25) is 0 Å². The van der Waals surface area contributed by atoms with Gasteiger partial charge in [-0.05, 0) is 73.0 Å². The van der Waals surface area contributed by atoms with Gasteiger partial charge in [0.05, 0.1) is 19.0 Å². The normalized spacial score (nSPS) is 10.6. The van der Waals surface area contributed by atoms with Crippen molar-refractivity contribution in [1.82, 2.24) is 5.43 Å². The summed E-state index contributed by atoms with van der Waals surface area (Å²) in [4.78, 5) is 36.1. The summed E-state index contributed by atoms with van der Waals surface area (Å²) in [6.45, 7) is 3.66. The van der Waals surface area contributed by atoms with E-state index in [0.717, 1.165) is 17.2 Å². The number of hydrogen-bond acceptors (Lipinski definition) is 6. The van der Waals surface area contributed by atoms with Crippen LogP contribution < -0.4 is 25.5 Å². The van der Waals surface area contributed by atoms with E-state index in [9.17, 15) is 18.8 Å². The fourth-order valence-corrected chi connectivity index (χ4v) is 3.23. The first-order valence-corrected chi connectivity index (χ1v) is 10.8. The molecule has 3 rings (SSSR count). The first-order valence-electron chi connectivity index (χ1n) is 10.8. The van der Waals surface area contributed by atoms with E-state index < -0.39 is 17.6 Å². The summed E-state index contributed by atoms with van der Waals surface area (Å²) in [5.41, 5.74) is 5.22. The van der Waals surface area contributed by atoms with Gasteiger partial charge in [-0.3, -0.25) is 14.4 Å². The van der Waals surface area contributed by atoms with Crippen LogP contribution in [0.3, 0.4) is 0 Å². The SMILES string of the molecule is COc1cc(/C=N\NC(=O)C(=O)Nc2ccccc2F)ccc1OCC(=O)Nc1cc(C)cc(C)c1. The Labute approximate surface area is 207 Å². The van der Waals surface area contributed by atoms with Gasteiger partial charge in [0.15, 0.2) is 18.1 Å². The highest BCUT2D eigenvalue weighted by molar-refractivity contribution is 6.39. The molecule has 0 saturated heterocycles. The molecule has 0 atom stereocenters. The molecular formula is C26H25FN4O5. The molecule has 3 amide bonds. The lowest BCUT2D eigenvalue weighted by Crippen LogP contribution is -2.32. The Morgan fingerprint density at radius 2 is 1.64 bits per heavy atom. The van der Waals surface area contributed by atoms with Gasteiger partial charge in [0.1, 0.15) is 5.82 Å². The molecule has 0 bridgehead atoms. The van der Waals surface area contributed by atoms with E-state index >= 15 is 0 Å². The number of rotatable bonds is 8. The topological polar surface area (TPSA) is 118 Å². The maximum absolute atomic E-state index is 13.6. The lowest BCUT2D eigenvalue weighted by atomic mass is 10.1. The second-order valence-electron chi connectivity index (χ2n) is 7.76. The van der Waals surface area contributed by atoms with Crippen LogP contribution in [0.15, 0.2) is 65.8 Å². The van der Waals surface area contributed by atoms with Crippen LogP contribution in [0.4, 0.5) is 15.8 Å². The second kappa shape index (κ2) is 12.1. The van der Waals surface area contributed by atoms with E-state index in [1.807, 2.05) is 32.0 Å². The number of halogens is 1. The van der Waals surface area contributed by atoms with Crippen LogP contribution in [-0.2, 0) is 14.4 Å². The molecule has 9 nitrogen and oxygen atoms in total. The number of carbonyl (C=O) groups excluding carboxylic acids is 3. The Morgan fingerprint density at radius 1 is 0.917 bits per heavy atom. The fourth-order valence-electron chi connectivity index (χ4n) is 3.23. The van der Waals surface area contributed by atoms with E-state index in [2.05, 4.69) is 21.2 Å². The summed E-state index contributed by atoms with van der Waals surface area (Å²) >= 11 is 0. The molecule has 0 radical (unpaired) electrons. The highest BCUT2D eigenvalue weighted by Crippen LogP contribution is 2.27. The Kier molecular flexibility index (Phi) is 8.71. The molecule has 0 spiro atoms. The summed E-state index contributed by atoms with van der Waals surface area (Å²) in [5.74, 6) is -2.47. The Hall–Kier alpha value is -4.73. The molecule has 3 N–H and O–H groups in total. The minimum absolute atomic E-state index is 0.121. The molecule has 3 aromatic rings. The van der Waals surface area contributed by atoms with Gasteiger partial charge < -0.3 is 20.1 Å². The molecular weight excluding hydrogens is 467 g/mol. The average molecular weight is 493 g/mol. The van der Waals surface area contributed by atoms with Crippen molar-refractivity contribution in [3.8, 4) is 11.5 Å². The second-order valence-corrected chi connectivity index (χ2v) is 7.76. The zero-order valence-corrected chi connectivity index (χ0v) is 19.9. The number of hydrazone groups is 1. The third-order valence-electron chi connectivity index (χ3n) is 4.76. The number of benzene rings is 3. The van der Waals surface area contributed by atoms with Gasteiger partial charge in [0, 0.05) is 5.69 Å². The number of methoxy groups -OCH3 is 1. The smallest absolute Gasteiger partial charge is 0.329 e. The molecule has 0 heterocycles. The molecule has 0 aliphatic carbocycles. The molecule has 10 heteroatoms. The van der Waals surface area contributed by atoms with Crippen molar-refractivity contribution in [2.75, 3.05) is 24.4 Å². The lowest BCUT2D eigenvalue weighted by molar-refractivity contribution is -0.136. The maximum Gasteiger partial charge on any atom is 0.329 e. The van der Waals surface area contributed by atoms with Gasteiger partial charge in [-0.2, -0.15) is 5.10 Å². The molecule has 3 aromatic carbocycles. The molecule has 0 unspecified atom stereocenters. The Balaban J connectivity index is 1.54. The van der Waals surface area contributed by atoms with Gasteiger partial charge in [-0.25, -0.2) is 9.82 Å². The van der Waals surface area contributed by atoms with Gasteiger partial charge in [-0.1, -0.05) is 18.2 Å². The average Bonchev–Trinajstić information content (AvgIpc) is 2.83. The number of nitrogens with one attached hydrogen (secondary N) is 3. The van der Waals surface area contributed by atoms with E-state index in [1.165, 1.54) is 31.5 Å². The van der Waals surface area contributed by atoms with E-state index in [4.69, 9.17) is 9.47 Å². The molecule has 186 valence electrons. The van der Waals surface area contributed by atoms with Crippen LogP contribution in [0, 0.1) is 19.7 Å². The van der Waals surface area contributed by atoms with Crippen molar-refractivity contribution in [2.24, 2.45) is 5.10 Å². The van der Waals surface area contributed by atoms with Crippen molar-refractivity contribution in [1.29, 1.82) is 0 Å². The molecule has 36 heavy (non-hydrogen) atoms. The van der Waals surface area contributed by atoms with Crippen LogP contribution in [0.5, 0.6) is 11.5 Å². The van der Waals surface area contributed by atoms with Gasteiger partial charge >= 0.3 is 11.8 Å². The van der Waals surface area contributed by atoms with Gasteiger partial charge in [0.25, 0.3) is 5.91 Å². The Morgan fingerprint density at radius 3 is 2.33 bits per heavy atom. The van der Waals surface area contributed by atoms with Crippen molar-refractivity contribution in [2.45, 2.75) is 13.8 Å². The summed E-state index contributed by atoms with van der Waals surface area (Å²) in [6, 6.07) is 16.0. The number of para-hydroxylation sites is 1. The number of carbonyl (C=O) groups is 3. The quantitative estimate of drug-likeness (QED) is 0.253. The minimum Gasteiger partial charge on any atom is -0.493 e. The van der Waals surface area contributed by atoms with Crippen molar-refractivity contribution < 1.29 is 28.2 Å². The number of hydrogen-bond donors (Lipinski definition) is 3. The predicted octanol–water partition coefficient (Wildman–Crippen LogP) is 3.56. The standard InChI is InChI=1S/C26H25FN4O5/c1-16-10-17(2)12-19(11-16)29-24(32)15-36-22-9-8-18(13-23(22)35-3)14-28-31-26(34)25(33)30-21-7-5-4-6-20(21)27/h4-14H,15H2,1-3H3,(H,29,32)(H,30,33)(H,31,34)/b28-14-. The third-order valence-corrected chi connectivity index (χ3v) is 4.76. The van der Waals surface area contributed by atoms with Crippen LogP contribution >= 0.6 is 0 Å². The monoisotopic (exact) mass is 492 g/mol. The Bertz CT molecular complexity index is 1290. The number of anilines is 2. The zero-order valence-electron chi connectivity index (χ0n) is 19.9. The maximum atomic E-state index is 13.6. The highest BCUT2D eigenvalue weighted by Gasteiger charge is 2.15. The first-order chi connectivity index (χ1) is 17.2. The van der Waals surface area contributed by atoms with Crippen LogP contribution in [0.1, 0.15) is 16.7 Å². The van der Waals surface area contributed by atoms with Crippen LogP contribution in [-0.4, -0.2) is 37.7 Å². The van der Waals surface area contributed by atoms with Crippen LogP contribution in [0.2, 0.25) is 0 Å². The number of amides is 3. The summed E-state index contributed by atoms with van der Waals surface area (Å²) in [6.07, 6.45) is 1.29. The predicted molar refractivity (Wildman–Crippen MR) is 134 cm³/mol. The summed E-state index contributed by atoms with van der Waals surface area (Å²) in [7, 11) is 1.44. The summed E-state index contributed by atoms with van der Waals surface area (Å²) in [5, 5.41) is 8.68. The fraction of sp³-hybridized carbons (Fsp3) is 0.154. The van der Waals surface area contributed by atoms with E-state index in [0.29, 0.717) is 22.7 Å². The van der Waals surface area contributed by atoms with E-state index in [1.54, 1.807) is 18.2 Å². The first kappa shape index (κ1) is 25.9.